The number of hydrogen-bond acceptors (Lipinski definition) is 3. The van der Waals surface area contributed by atoms with Crippen LogP contribution < -0.4 is 9.47 Å². The molecule has 0 fully saturated rings. The summed E-state index contributed by atoms with van der Waals surface area (Å²) in [5.41, 5.74) is 13.2. The molecule has 1 atom stereocenters. The van der Waals surface area contributed by atoms with Crippen LogP contribution in [0.4, 0.5) is 0 Å². The number of allylic oxidation sites excluding steroid dienone is 3. The highest BCUT2D eigenvalue weighted by Crippen LogP contribution is 2.41. The number of aliphatic hydroxyl groups is 1. The minimum atomic E-state index is -1.67. The molecule has 1 rings (SSSR count). The topological polar surface area (TPSA) is 38.7 Å². The van der Waals surface area contributed by atoms with E-state index >= 15 is 0 Å². The molecule has 0 aliphatic carbocycles. The molecule has 1 aromatic rings. The van der Waals surface area contributed by atoms with Crippen LogP contribution in [0.2, 0.25) is 36.3 Å². The summed E-state index contributed by atoms with van der Waals surface area (Å²) in [6.45, 7) is 25.0. The molecule has 0 aromatic heterocycles. The van der Waals surface area contributed by atoms with Gasteiger partial charge < -0.3 is 14.6 Å². The van der Waals surface area contributed by atoms with Crippen molar-refractivity contribution in [2.75, 3.05) is 14.2 Å². The summed E-state index contributed by atoms with van der Waals surface area (Å²) in [6, 6.07) is 3.90. The molecule has 0 saturated carbocycles. The Morgan fingerprint density at radius 1 is 0.850 bits per heavy atom. The molecular formula is C35H56O3Si2. The predicted octanol–water partition coefficient (Wildman–Crippen LogP) is 9.44. The zero-order valence-electron chi connectivity index (χ0n) is 27.7. The van der Waals surface area contributed by atoms with Crippen LogP contribution in [0.15, 0.2) is 35.4 Å². The molecule has 0 spiro atoms. The Bertz CT molecular complexity index is 1120. The lowest BCUT2D eigenvalue weighted by molar-refractivity contribution is 0.221. The second-order valence-corrected chi connectivity index (χ2v) is 23.4. The van der Waals surface area contributed by atoms with Crippen molar-refractivity contribution in [2.45, 2.75) is 123 Å². The van der Waals surface area contributed by atoms with Gasteiger partial charge in [0.2, 0.25) is 0 Å². The lowest BCUT2D eigenvalue weighted by Gasteiger charge is -2.38. The van der Waals surface area contributed by atoms with Crippen molar-refractivity contribution < 1.29 is 14.6 Å². The van der Waals surface area contributed by atoms with Gasteiger partial charge in [0, 0.05) is 24.0 Å². The highest BCUT2D eigenvalue weighted by atomic mass is 28.3. The maximum atomic E-state index is 11.0. The molecule has 0 amide bonds. The van der Waals surface area contributed by atoms with Crippen molar-refractivity contribution in [3.63, 3.8) is 0 Å². The quantitative estimate of drug-likeness (QED) is 0.116. The van der Waals surface area contributed by atoms with E-state index in [1.54, 1.807) is 14.2 Å². The van der Waals surface area contributed by atoms with Crippen LogP contribution in [0, 0.1) is 22.9 Å². The Balaban J connectivity index is 3.07. The van der Waals surface area contributed by atoms with Crippen LogP contribution in [-0.2, 0) is 6.42 Å². The van der Waals surface area contributed by atoms with Crippen molar-refractivity contribution in [3.8, 4) is 34.4 Å². The van der Waals surface area contributed by atoms with E-state index in [2.05, 4.69) is 97.1 Å². The number of rotatable bonds is 12. The van der Waals surface area contributed by atoms with Crippen LogP contribution in [0.3, 0.4) is 0 Å². The number of hydrogen-bond donors (Lipinski definition) is 1. The molecule has 0 bridgehead atoms. The van der Waals surface area contributed by atoms with Gasteiger partial charge >= 0.3 is 0 Å². The summed E-state index contributed by atoms with van der Waals surface area (Å²) in [6.07, 6.45) is 6.60. The SMILES string of the molecule is COc1cc([C@@H](O)/C=C(\C)CC#C[Si](C)(C)C)c(OC)cc1C/C(C)=C\CCC#C[Si](C(C)C)(C(C)C)C(C)C. The molecule has 0 heterocycles. The monoisotopic (exact) mass is 580 g/mol. The first-order chi connectivity index (χ1) is 18.6. The summed E-state index contributed by atoms with van der Waals surface area (Å²) in [5, 5.41) is 11.0. The smallest absolute Gasteiger partial charge is 0.145 e. The first kappa shape index (κ1) is 35.8. The van der Waals surface area contributed by atoms with E-state index in [-0.39, 0.29) is 0 Å². The molecule has 0 unspecified atom stereocenters. The van der Waals surface area contributed by atoms with Gasteiger partial charge in [-0.25, -0.2) is 0 Å². The summed E-state index contributed by atoms with van der Waals surface area (Å²) < 4.78 is 11.4. The van der Waals surface area contributed by atoms with Gasteiger partial charge in [0.1, 0.15) is 33.8 Å². The zero-order chi connectivity index (χ0) is 30.7. The number of unbranched alkanes of at least 4 members (excludes halogenated alkanes) is 1. The van der Waals surface area contributed by atoms with E-state index < -0.39 is 22.3 Å². The zero-order valence-corrected chi connectivity index (χ0v) is 29.7. The number of benzene rings is 1. The summed E-state index contributed by atoms with van der Waals surface area (Å²) in [4.78, 5) is 0. The lowest BCUT2D eigenvalue weighted by Crippen LogP contribution is -2.43. The van der Waals surface area contributed by atoms with Gasteiger partial charge in [-0.05, 0) is 55.4 Å². The van der Waals surface area contributed by atoms with Gasteiger partial charge in [0.05, 0.1) is 14.2 Å². The molecule has 3 nitrogen and oxygen atoms in total. The molecule has 0 radical (unpaired) electrons. The van der Waals surface area contributed by atoms with E-state index in [1.165, 1.54) is 5.57 Å². The Hall–Kier alpha value is -2.19. The average Bonchev–Trinajstić information content (AvgIpc) is 2.84. The van der Waals surface area contributed by atoms with Gasteiger partial charge in [0.25, 0.3) is 0 Å². The largest absolute Gasteiger partial charge is 0.496 e. The van der Waals surface area contributed by atoms with E-state index in [4.69, 9.17) is 9.47 Å². The number of ether oxygens (including phenoxy) is 2. The summed E-state index contributed by atoms with van der Waals surface area (Å²) in [5.74, 6) is 8.26. The molecule has 1 N–H and O–H groups in total. The average molecular weight is 581 g/mol. The minimum absolute atomic E-state index is 0.656. The third-order valence-electron chi connectivity index (χ3n) is 7.63. The standard InChI is InChI=1S/C35H56O3Si2/c1-26(2)40(27(3)4,28(5)6)21-16-14-15-18-29(7)22-31-24-35(38-10)32(25-34(31)37-9)33(36)23-30(8)19-17-20-39(11,12)13/h18,23-28,33,36H,14-15,19,22H2,1-13H3/b29-18-,30-23+/t33-/m0/s1. The van der Waals surface area contributed by atoms with Gasteiger partial charge in [0.15, 0.2) is 0 Å². The highest BCUT2D eigenvalue weighted by molar-refractivity contribution is 6.90. The van der Waals surface area contributed by atoms with Crippen LogP contribution in [0.1, 0.15) is 91.9 Å². The predicted molar refractivity (Wildman–Crippen MR) is 180 cm³/mol. The van der Waals surface area contributed by atoms with Crippen molar-refractivity contribution in [1.82, 2.24) is 0 Å². The molecule has 5 heteroatoms. The maximum absolute atomic E-state index is 11.0. The van der Waals surface area contributed by atoms with E-state index in [0.29, 0.717) is 34.4 Å². The fourth-order valence-corrected chi connectivity index (χ4v) is 11.5. The van der Waals surface area contributed by atoms with Gasteiger partial charge in [-0.3, -0.25) is 0 Å². The Kier molecular flexibility index (Phi) is 14.6. The second-order valence-electron chi connectivity index (χ2n) is 13.1. The second kappa shape index (κ2) is 16.3. The Morgan fingerprint density at radius 3 is 1.93 bits per heavy atom. The Morgan fingerprint density at radius 2 is 1.43 bits per heavy atom. The van der Waals surface area contributed by atoms with Gasteiger partial charge in [-0.15, -0.1) is 22.9 Å². The van der Waals surface area contributed by atoms with E-state index in [0.717, 1.165) is 36.1 Å². The molecule has 0 aliphatic heterocycles. The van der Waals surface area contributed by atoms with Crippen LogP contribution in [-0.4, -0.2) is 35.5 Å². The third-order valence-corrected chi connectivity index (χ3v) is 14.9. The van der Waals surface area contributed by atoms with Crippen molar-refractivity contribution in [3.05, 3.63) is 46.6 Å². The molecule has 222 valence electrons. The van der Waals surface area contributed by atoms with Crippen molar-refractivity contribution in [2.24, 2.45) is 0 Å². The fourth-order valence-electron chi connectivity index (χ4n) is 5.63. The molecule has 0 saturated heterocycles. The van der Waals surface area contributed by atoms with Crippen LogP contribution >= 0.6 is 0 Å². The Labute approximate surface area is 248 Å². The highest BCUT2D eigenvalue weighted by Gasteiger charge is 2.41. The summed E-state index contributed by atoms with van der Waals surface area (Å²) in [7, 11) is 0.249. The molecule has 40 heavy (non-hydrogen) atoms. The van der Waals surface area contributed by atoms with Gasteiger partial charge in [-0.1, -0.05) is 84.5 Å². The first-order valence-corrected chi connectivity index (χ1v) is 20.6. The first-order valence-electron chi connectivity index (χ1n) is 14.8. The summed E-state index contributed by atoms with van der Waals surface area (Å²) >= 11 is 0. The number of aliphatic hydroxyl groups excluding tert-OH is 1. The molecule has 1 aromatic carbocycles. The maximum Gasteiger partial charge on any atom is 0.145 e. The fraction of sp³-hybridized carbons (Fsp3) is 0.600. The van der Waals surface area contributed by atoms with Gasteiger partial charge in [-0.2, -0.15) is 0 Å². The normalized spacial score (nSPS) is 13.6. The van der Waals surface area contributed by atoms with Crippen LogP contribution in [0.5, 0.6) is 11.5 Å². The van der Waals surface area contributed by atoms with Crippen molar-refractivity contribution in [1.29, 1.82) is 0 Å². The van der Waals surface area contributed by atoms with Crippen LogP contribution in [0.25, 0.3) is 0 Å². The molecule has 0 aliphatic rings. The number of methoxy groups -OCH3 is 2. The lowest BCUT2D eigenvalue weighted by atomic mass is 9.98. The molecular weight excluding hydrogens is 525 g/mol. The van der Waals surface area contributed by atoms with E-state index in [9.17, 15) is 5.11 Å². The van der Waals surface area contributed by atoms with E-state index in [1.807, 2.05) is 25.1 Å². The minimum Gasteiger partial charge on any atom is -0.496 e. The van der Waals surface area contributed by atoms with Crippen molar-refractivity contribution >= 4 is 16.1 Å². The third kappa shape index (κ3) is 10.7.